The van der Waals surface area contributed by atoms with Crippen LogP contribution in [0.1, 0.15) is 6.42 Å². The van der Waals surface area contributed by atoms with Gasteiger partial charge < -0.3 is 15.3 Å². The summed E-state index contributed by atoms with van der Waals surface area (Å²) in [6.07, 6.45) is 0.0316. The van der Waals surface area contributed by atoms with Crippen molar-refractivity contribution < 1.29 is 19.2 Å². The van der Waals surface area contributed by atoms with Crippen LogP contribution in [0.15, 0.2) is 18.5 Å². The Balaban J connectivity index is 2.23. The molecular weight excluding hydrogens is 271 g/mol. The predicted octanol–water partition coefficient (Wildman–Crippen LogP) is 1.17. The quantitative estimate of drug-likeness (QED) is 0.637. The Morgan fingerprint density at radius 3 is 3.00 bits per heavy atom. The van der Waals surface area contributed by atoms with E-state index in [1.807, 2.05) is 0 Å². The van der Waals surface area contributed by atoms with Crippen LogP contribution in [0.3, 0.4) is 0 Å². The van der Waals surface area contributed by atoms with E-state index < -0.39 is 23.2 Å². The van der Waals surface area contributed by atoms with E-state index in [0.29, 0.717) is 0 Å². The molecule has 1 amide bonds. The minimum Gasteiger partial charge on any atom is -0.465 e. The van der Waals surface area contributed by atoms with Gasteiger partial charge in [-0.15, -0.1) is 0 Å². The van der Waals surface area contributed by atoms with E-state index in [1.54, 1.807) is 0 Å². The molecule has 1 fully saturated rings. The first kappa shape index (κ1) is 14.0. The van der Waals surface area contributed by atoms with Gasteiger partial charge >= 0.3 is 11.8 Å². The van der Waals surface area contributed by atoms with Gasteiger partial charge in [0.15, 0.2) is 0 Å². The van der Waals surface area contributed by atoms with Crippen LogP contribution >= 0.6 is 0 Å². The fourth-order valence-corrected chi connectivity index (χ4v) is 2.30. The van der Waals surface area contributed by atoms with Crippen molar-refractivity contribution in [3.8, 4) is 0 Å². The van der Waals surface area contributed by atoms with Crippen molar-refractivity contribution in [2.75, 3.05) is 18.0 Å². The number of nitrogens with one attached hydrogen (secondary N) is 1. The molecule has 0 bridgehead atoms. The number of carboxylic acid groups (broad SMARTS) is 1. The number of hydrogen-bond acceptors (Lipinski definition) is 5. The first-order valence-electron chi connectivity index (χ1n) is 5.94. The van der Waals surface area contributed by atoms with Crippen molar-refractivity contribution in [1.82, 2.24) is 10.3 Å². The summed E-state index contributed by atoms with van der Waals surface area (Å²) in [4.78, 5) is 26.1. The Kier molecular flexibility index (Phi) is 3.97. The highest BCUT2D eigenvalue weighted by Crippen LogP contribution is 2.29. The van der Waals surface area contributed by atoms with Gasteiger partial charge in [-0.3, -0.25) is 15.1 Å². The number of piperidine rings is 1. The summed E-state index contributed by atoms with van der Waals surface area (Å²) < 4.78 is 13.7. The maximum absolute atomic E-state index is 13.7. The average Bonchev–Trinajstić information content (AvgIpc) is 2.37. The fraction of sp³-hybridized carbons (Fsp3) is 0.455. The maximum atomic E-state index is 13.7. The van der Waals surface area contributed by atoms with Crippen molar-refractivity contribution in [3.05, 3.63) is 28.6 Å². The van der Waals surface area contributed by atoms with Gasteiger partial charge in [0.25, 0.3) is 0 Å². The highest BCUT2D eigenvalue weighted by Gasteiger charge is 2.31. The van der Waals surface area contributed by atoms with Crippen molar-refractivity contribution in [2.24, 2.45) is 0 Å². The highest BCUT2D eigenvalue weighted by atomic mass is 19.1. The molecule has 0 radical (unpaired) electrons. The Morgan fingerprint density at radius 2 is 2.35 bits per heavy atom. The minimum atomic E-state index is -1.26. The summed E-state index contributed by atoms with van der Waals surface area (Å²) >= 11 is 0. The molecule has 1 saturated heterocycles. The highest BCUT2D eigenvalue weighted by molar-refractivity contribution is 5.66. The lowest BCUT2D eigenvalue weighted by Crippen LogP contribution is -2.51. The van der Waals surface area contributed by atoms with Gasteiger partial charge in [0, 0.05) is 25.7 Å². The van der Waals surface area contributed by atoms with Crippen LogP contribution in [0.25, 0.3) is 0 Å². The molecule has 2 N–H and O–H groups in total. The number of alkyl halides is 1. The molecule has 8 nitrogen and oxygen atoms in total. The van der Waals surface area contributed by atoms with Gasteiger partial charge in [0.05, 0.1) is 11.0 Å². The van der Waals surface area contributed by atoms with Gasteiger partial charge in [0.2, 0.25) is 0 Å². The number of anilines is 1. The first-order valence-corrected chi connectivity index (χ1v) is 5.94. The molecule has 1 aromatic rings. The molecule has 2 atom stereocenters. The molecular formula is C11H13FN4O4. The Bertz CT molecular complexity index is 527. The van der Waals surface area contributed by atoms with Crippen LogP contribution in [0.5, 0.6) is 0 Å². The molecule has 1 aliphatic heterocycles. The van der Waals surface area contributed by atoms with E-state index in [0.717, 1.165) is 6.20 Å². The maximum Gasteiger partial charge on any atom is 0.404 e. The van der Waals surface area contributed by atoms with Crippen LogP contribution in [-0.4, -0.2) is 46.4 Å². The van der Waals surface area contributed by atoms with Gasteiger partial charge in [-0.25, -0.2) is 9.18 Å². The average molecular weight is 284 g/mol. The normalized spacial score (nSPS) is 22.4. The van der Waals surface area contributed by atoms with Crippen molar-refractivity contribution in [3.63, 3.8) is 0 Å². The third-order valence-electron chi connectivity index (χ3n) is 3.04. The molecule has 9 heteroatoms. The van der Waals surface area contributed by atoms with E-state index in [4.69, 9.17) is 5.11 Å². The smallest absolute Gasteiger partial charge is 0.404 e. The minimum absolute atomic E-state index is 0.0113. The lowest BCUT2D eigenvalue weighted by molar-refractivity contribution is -0.384. The summed E-state index contributed by atoms with van der Waals surface area (Å²) in [5, 5.41) is 21.8. The van der Waals surface area contributed by atoms with Crippen LogP contribution in [0, 0.1) is 10.1 Å². The Labute approximate surface area is 113 Å². The second-order valence-corrected chi connectivity index (χ2v) is 4.51. The second-order valence-electron chi connectivity index (χ2n) is 4.51. The summed E-state index contributed by atoms with van der Waals surface area (Å²) in [7, 11) is 0. The SMILES string of the molecule is O=C(O)N[C@H]1C[C@@H](F)CN(c2ccncc2[N+](=O)[O-])C1. The van der Waals surface area contributed by atoms with Crippen molar-refractivity contribution in [2.45, 2.75) is 18.6 Å². The zero-order chi connectivity index (χ0) is 14.7. The molecule has 0 aliphatic carbocycles. The van der Waals surface area contributed by atoms with E-state index in [1.165, 1.54) is 17.2 Å². The van der Waals surface area contributed by atoms with E-state index in [-0.39, 0.29) is 30.9 Å². The lowest BCUT2D eigenvalue weighted by atomic mass is 10.0. The first-order chi connectivity index (χ1) is 9.47. The topological polar surface area (TPSA) is 109 Å². The Morgan fingerprint density at radius 1 is 1.60 bits per heavy atom. The molecule has 0 saturated carbocycles. The molecule has 108 valence electrons. The molecule has 2 rings (SSSR count). The zero-order valence-electron chi connectivity index (χ0n) is 10.4. The predicted molar refractivity (Wildman–Crippen MR) is 67.6 cm³/mol. The molecule has 0 aromatic carbocycles. The molecule has 1 aliphatic rings. The van der Waals surface area contributed by atoms with Crippen LogP contribution in [0.2, 0.25) is 0 Å². The van der Waals surface area contributed by atoms with E-state index in [2.05, 4.69) is 10.3 Å². The van der Waals surface area contributed by atoms with Gasteiger partial charge in [0.1, 0.15) is 18.1 Å². The Hall–Kier alpha value is -2.45. The van der Waals surface area contributed by atoms with Crippen molar-refractivity contribution in [1.29, 1.82) is 0 Å². The summed E-state index contributed by atoms with van der Waals surface area (Å²) in [5.41, 5.74) is 0.0141. The molecule has 0 spiro atoms. The number of rotatable bonds is 3. The number of nitrogens with zero attached hydrogens (tertiary/aromatic N) is 3. The summed E-state index contributed by atoms with van der Waals surface area (Å²) in [5.74, 6) is 0. The third kappa shape index (κ3) is 3.11. The number of nitro groups is 1. The summed E-state index contributed by atoms with van der Waals surface area (Å²) in [6, 6.07) is 0.817. The number of halogens is 1. The molecule has 1 aromatic heterocycles. The number of pyridine rings is 1. The molecule has 2 heterocycles. The molecule has 0 unspecified atom stereocenters. The van der Waals surface area contributed by atoms with E-state index in [9.17, 15) is 19.3 Å². The standard InChI is InChI=1S/C11H13FN4O4/c12-7-3-8(14-11(17)18)6-15(5-7)9-1-2-13-4-10(9)16(19)20/h1-2,4,7-8,14H,3,5-6H2,(H,17,18)/t7-,8+/m1/s1. The summed E-state index contributed by atoms with van der Waals surface area (Å²) in [6.45, 7) is 0.167. The van der Waals surface area contributed by atoms with Gasteiger partial charge in [-0.1, -0.05) is 0 Å². The van der Waals surface area contributed by atoms with Crippen LogP contribution < -0.4 is 10.2 Å². The second kappa shape index (κ2) is 5.68. The zero-order valence-corrected chi connectivity index (χ0v) is 10.4. The lowest BCUT2D eigenvalue weighted by Gasteiger charge is -2.35. The molecule has 20 heavy (non-hydrogen) atoms. The number of amides is 1. The third-order valence-corrected chi connectivity index (χ3v) is 3.04. The van der Waals surface area contributed by atoms with Crippen molar-refractivity contribution >= 4 is 17.5 Å². The number of aromatic nitrogens is 1. The van der Waals surface area contributed by atoms with Crippen LogP contribution in [0.4, 0.5) is 20.6 Å². The van der Waals surface area contributed by atoms with Gasteiger partial charge in [-0.2, -0.15) is 0 Å². The number of hydrogen-bond donors (Lipinski definition) is 2. The largest absolute Gasteiger partial charge is 0.465 e. The van der Waals surface area contributed by atoms with Gasteiger partial charge in [-0.05, 0) is 6.07 Å². The fourth-order valence-electron chi connectivity index (χ4n) is 2.30. The van der Waals surface area contributed by atoms with Crippen LogP contribution in [-0.2, 0) is 0 Å². The monoisotopic (exact) mass is 284 g/mol. The van der Waals surface area contributed by atoms with E-state index >= 15 is 0 Å². The number of carbonyl (C=O) groups is 1.